The minimum Gasteiger partial charge on any atom is -0.383 e. The van der Waals surface area contributed by atoms with Crippen molar-refractivity contribution in [2.75, 3.05) is 44.3 Å². The molecule has 1 aliphatic rings. The topological polar surface area (TPSA) is 105 Å². The highest BCUT2D eigenvalue weighted by atomic mass is 16.5. The number of nitrogens with zero attached hydrogens (tertiary/aromatic N) is 2. The van der Waals surface area contributed by atoms with Crippen LogP contribution < -0.4 is 22.3 Å². The van der Waals surface area contributed by atoms with Crippen molar-refractivity contribution < 1.29 is 4.74 Å². The molecule has 20 heavy (non-hydrogen) atoms. The average molecular weight is 283 g/mol. The molecule has 0 aliphatic carbocycles. The van der Waals surface area contributed by atoms with Crippen LogP contribution in [0.5, 0.6) is 0 Å². The van der Waals surface area contributed by atoms with Gasteiger partial charge in [-0.1, -0.05) is 0 Å². The number of ether oxygens (including phenoxy) is 1. The van der Waals surface area contributed by atoms with E-state index in [0.29, 0.717) is 19.7 Å². The SMILES string of the molecule is CCn1c(N)c(NCC2CN(C)CCO2)c(=O)[nH]c1=O. The fourth-order valence-electron chi connectivity index (χ4n) is 2.28. The van der Waals surface area contributed by atoms with Crippen LogP contribution in [0.2, 0.25) is 0 Å². The van der Waals surface area contributed by atoms with Crippen molar-refractivity contribution in [1.29, 1.82) is 0 Å². The van der Waals surface area contributed by atoms with Crippen molar-refractivity contribution in [2.45, 2.75) is 19.6 Å². The monoisotopic (exact) mass is 283 g/mol. The molecular formula is C12H21N5O3. The van der Waals surface area contributed by atoms with Gasteiger partial charge in [0.15, 0.2) is 0 Å². The second kappa shape index (κ2) is 6.10. The number of nitrogens with two attached hydrogens (primary N) is 1. The lowest BCUT2D eigenvalue weighted by Gasteiger charge is -2.30. The van der Waals surface area contributed by atoms with Gasteiger partial charge >= 0.3 is 5.69 Å². The predicted octanol–water partition coefficient (Wildman–Crippen LogP) is -1.12. The molecule has 1 atom stereocenters. The number of morpholine rings is 1. The summed E-state index contributed by atoms with van der Waals surface area (Å²) >= 11 is 0. The molecule has 8 heteroatoms. The highest BCUT2D eigenvalue weighted by molar-refractivity contribution is 5.60. The first-order chi connectivity index (χ1) is 9.52. The van der Waals surface area contributed by atoms with E-state index in [1.54, 1.807) is 6.92 Å². The van der Waals surface area contributed by atoms with Gasteiger partial charge in [0.1, 0.15) is 11.5 Å². The third-order valence-electron chi connectivity index (χ3n) is 3.40. The molecule has 2 rings (SSSR count). The van der Waals surface area contributed by atoms with Gasteiger partial charge in [-0.3, -0.25) is 14.3 Å². The highest BCUT2D eigenvalue weighted by Gasteiger charge is 2.19. The normalized spacial score (nSPS) is 20.0. The van der Waals surface area contributed by atoms with E-state index in [-0.39, 0.29) is 17.6 Å². The lowest BCUT2D eigenvalue weighted by Crippen LogP contribution is -2.44. The quantitative estimate of drug-likeness (QED) is 0.646. The fraction of sp³-hybridized carbons (Fsp3) is 0.667. The van der Waals surface area contributed by atoms with Crippen molar-refractivity contribution in [1.82, 2.24) is 14.5 Å². The number of hydrogen-bond donors (Lipinski definition) is 3. The third kappa shape index (κ3) is 3.02. The van der Waals surface area contributed by atoms with Gasteiger partial charge in [-0.15, -0.1) is 0 Å². The lowest BCUT2D eigenvalue weighted by molar-refractivity contribution is -0.0117. The van der Waals surface area contributed by atoms with E-state index in [1.165, 1.54) is 4.57 Å². The summed E-state index contributed by atoms with van der Waals surface area (Å²) < 4.78 is 6.92. The van der Waals surface area contributed by atoms with E-state index in [4.69, 9.17) is 10.5 Å². The molecule has 0 saturated carbocycles. The maximum absolute atomic E-state index is 11.8. The second-order valence-corrected chi connectivity index (χ2v) is 4.90. The molecule has 1 aromatic rings. The number of H-pyrrole nitrogens is 1. The van der Waals surface area contributed by atoms with E-state index in [1.807, 2.05) is 7.05 Å². The molecule has 0 bridgehead atoms. The van der Waals surface area contributed by atoms with Gasteiger partial charge in [0.25, 0.3) is 5.56 Å². The Morgan fingerprint density at radius 3 is 2.90 bits per heavy atom. The molecule has 0 radical (unpaired) electrons. The van der Waals surface area contributed by atoms with Crippen LogP contribution in [0.1, 0.15) is 6.92 Å². The number of aromatic amines is 1. The first-order valence-electron chi connectivity index (χ1n) is 6.69. The van der Waals surface area contributed by atoms with E-state index in [0.717, 1.165) is 13.1 Å². The van der Waals surface area contributed by atoms with Crippen LogP contribution in [0.3, 0.4) is 0 Å². The zero-order valence-electron chi connectivity index (χ0n) is 11.8. The molecule has 1 fully saturated rings. The van der Waals surface area contributed by atoms with Gasteiger partial charge in [0, 0.05) is 26.2 Å². The van der Waals surface area contributed by atoms with Crippen molar-refractivity contribution in [3.63, 3.8) is 0 Å². The van der Waals surface area contributed by atoms with E-state index < -0.39 is 11.2 Å². The summed E-state index contributed by atoms with van der Waals surface area (Å²) in [6.45, 7) is 5.03. The zero-order chi connectivity index (χ0) is 14.7. The number of rotatable bonds is 4. The van der Waals surface area contributed by atoms with Crippen molar-refractivity contribution in [3.8, 4) is 0 Å². The first kappa shape index (κ1) is 14.6. The maximum atomic E-state index is 11.8. The minimum atomic E-state index is -0.499. The van der Waals surface area contributed by atoms with Gasteiger partial charge in [0.2, 0.25) is 0 Å². The van der Waals surface area contributed by atoms with Gasteiger partial charge < -0.3 is 20.7 Å². The summed E-state index contributed by atoms with van der Waals surface area (Å²) in [6, 6.07) is 0. The summed E-state index contributed by atoms with van der Waals surface area (Å²) in [5.74, 6) is 0.158. The summed E-state index contributed by atoms with van der Waals surface area (Å²) in [6.07, 6.45) is -0.00504. The van der Waals surface area contributed by atoms with Gasteiger partial charge in [0.05, 0.1) is 12.7 Å². The van der Waals surface area contributed by atoms with Gasteiger partial charge in [-0.25, -0.2) is 4.79 Å². The summed E-state index contributed by atoms with van der Waals surface area (Å²) in [7, 11) is 2.02. The van der Waals surface area contributed by atoms with Crippen LogP contribution in [-0.2, 0) is 11.3 Å². The Kier molecular flexibility index (Phi) is 4.46. The van der Waals surface area contributed by atoms with Crippen LogP contribution in [0.4, 0.5) is 11.5 Å². The lowest BCUT2D eigenvalue weighted by atomic mass is 10.2. The molecule has 8 nitrogen and oxygen atoms in total. The number of nitrogen functional groups attached to an aromatic ring is 1. The number of aromatic nitrogens is 2. The Balaban J connectivity index is 2.13. The molecular weight excluding hydrogens is 262 g/mol. The van der Waals surface area contributed by atoms with Crippen molar-refractivity contribution in [3.05, 3.63) is 20.8 Å². The van der Waals surface area contributed by atoms with E-state index in [2.05, 4.69) is 15.2 Å². The van der Waals surface area contributed by atoms with Crippen LogP contribution >= 0.6 is 0 Å². The largest absolute Gasteiger partial charge is 0.383 e. The molecule has 1 aromatic heterocycles. The van der Waals surface area contributed by atoms with Crippen LogP contribution in [0.15, 0.2) is 9.59 Å². The summed E-state index contributed by atoms with van der Waals surface area (Å²) in [4.78, 5) is 27.8. The third-order valence-corrected chi connectivity index (χ3v) is 3.40. The number of hydrogen-bond acceptors (Lipinski definition) is 6. The van der Waals surface area contributed by atoms with Crippen LogP contribution in [0, 0.1) is 0 Å². The number of anilines is 2. The standard InChI is InChI=1S/C12H21N5O3/c1-3-17-10(13)9(11(18)15-12(17)19)14-6-8-7-16(2)4-5-20-8/h8,14H,3-7,13H2,1-2H3,(H,15,18,19). The van der Waals surface area contributed by atoms with Gasteiger partial charge in [-0.2, -0.15) is 0 Å². The van der Waals surface area contributed by atoms with Gasteiger partial charge in [-0.05, 0) is 14.0 Å². The van der Waals surface area contributed by atoms with Crippen molar-refractivity contribution >= 4 is 11.5 Å². The summed E-state index contributed by atoms with van der Waals surface area (Å²) in [5.41, 5.74) is 5.10. The highest BCUT2D eigenvalue weighted by Crippen LogP contribution is 2.11. The predicted molar refractivity (Wildman–Crippen MR) is 77.1 cm³/mol. The first-order valence-corrected chi connectivity index (χ1v) is 6.69. The second-order valence-electron chi connectivity index (χ2n) is 4.90. The van der Waals surface area contributed by atoms with Crippen LogP contribution in [-0.4, -0.2) is 53.8 Å². The molecule has 1 unspecified atom stereocenters. The van der Waals surface area contributed by atoms with E-state index in [9.17, 15) is 9.59 Å². The fourth-order valence-corrected chi connectivity index (χ4v) is 2.28. The Labute approximate surface area is 116 Å². The summed E-state index contributed by atoms with van der Waals surface area (Å²) in [5, 5.41) is 2.99. The Hall–Kier alpha value is -1.80. The van der Waals surface area contributed by atoms with Crippen LogP contribution in [0.25, 0.3) is 0 Å². The Morgan fingerprint density at radius 2 is 2.25 bits per heavy atom. The molecule has 2 heterocycles. The zero-order valence-corrected chi connectivity index (χ0v) is 11.8. The number of nitrogens with one attached hydrogen (secondary N) is 2. The molecule has 4 N–H and O–H groups in total. The Bertz CT molecular complexity index is 579. The minimum absolute atomic E-state index is 0.00504. The Morgan fingerprint density at radius 1 is 1.50 bits per heavy atom. The smallest absolute Gasteiger partial charge is 0.330 e. The average Bonchev–Trinajstić information content (AvgIpc) is 2.38. The molecule has 0 aromatic carbocycles. The maximum Gasteiger partial charge on any atom is 0.330 e. The molecule has 112 valence electrons. The molecule has 0 spiro atoms. The van der Waals surface area contributed by atoms with E-state index >= 15 is 0 Å². The van der Waals surface area contributed by atoms with Crippen molar-refractivity contribution in [2.24, 2.45) is 0 Å². The molecule has 1 aliphatic heterocycles. The molecule has 1 saturated heterocycles. The molecule has 0 amide bonds. The number of likely N-dealkylation sites (N-methyl/N-ethyl adjacent to an activating group) is 1.